The van der Waals surface area contributed by atoms with Gasteiger partial charge in [0.2, 0.25) is 0 Å². The van der Waals surface area contributed by atoms with Gasteiger partial charge in [-0.05, 0) is 36.2 Å². The molecule has 2 rings (SSSR count). The van der Waals surface area contributed by atoms with E-state index < -0.39 is 0 Å². The second-order valence-electron chi connectivity index (χ2n) is 4.38. The Kier molecular flexibility index (Phi) is 5.16. The van der Waals surface area contributed by atoms with Crippen LogP contribution in [0.4, 0.5) is 0 Å². The largest absolute Gasteiger partial charge is 0.496 e. The first-order valence-electron chi connectivity index (χ1n) is 6.25. The average molecular weight is 311 g/mol. The first kappa shape index (κ1) is 15.0. The van der Waals surface area contributed by atoms with Gasteiger partial charge in [0.05, 0.1) is 25.2 Å². The molecule has 106 valence electrons. The Bertz CT molecular complexity index is 562. The highest BCUT2D eigenvalue weighted by molar-refractivity contribution is 6.30. The Hall–Kier alpha value is -1.38. The van der Waals surface area contributed by atoms with Gasteiger partial charge in [0.1, 0.15) is 11.5 Å². The summed E-state index contributed by atoms with van der Waals surface area (Å²) in [6, 6.07) is 13.3. The minimum absolute atomic E-state index is 0.250. The molecule has 4 heteroatoms. The number of alkyl halides is 1. The van der Waals surface area contributed by atoms with Crippen LogP contribution in [0.5, 0.6) is 11.5 Å². The summed E-state index contributed by atoms with van der Waals surface area (Å²) in [5.41, 5.74) is 1.93. The summed E-state index contributed by atoms with van der Waals surface area (Å²) in [6.07, 6.45) is 0.652. The molecule has 0 radical (unpaired) electrons. The Balaban J connectivity index is 2.31. The molecule has 2 aromatic rings. The van der Waals surface area contributed by atoms with E-state index in [1.165, 1.54) is 0 Å². The van der Waals surface area contributed by atoms with E-state index in [9.17, 15) is 0 Å². The fourth-order valence-corrected chi connectivity index (χ4v) is 2.77. The predicted octanol–water partition coefficient (Wildman–Crippen LogP) is 4.88. The van der Waals surface area contributed by atoms with E-state index in [-0.39, 0.29) is 5.38 Å². The van der Waals surface area contributed by atoms with Crippen LogP contribution >= 0.6 is 23.2 Å². The summed E-state index contributed by atoms with van der Waals surface area (Å²) >= 11 is 12.6. The van der Waals surface area contributed by atoms with Gasteiger partial charge in [0.25, 0.3) is 0 Å². The number of hydrogen-bond donors (Lipinski definition) is 0. The lowest BCUT2D eigenvalue weighted by atomic mass is 10.0. The van der Waals surface area contributed by atoms with Crippen molar-refractivity contribution in [3.05, 3.63) is 58.6 Å². The Morgan fingerprint density at radius 2 is 1.60 bits per heavy atom. The molecular formula is C16H16Cl2O2. The second kappa shape index (κ2) is 6.87. The lowest BCUT2D eigenvalue weighted by Crippen LogP contribution is -2.02. The van der Waals surface area contributed by atoms with Crippen molar-refractivity contribution in [2.45, 2.75) is 11.8 Å². The van der Waals surface area contributed by atoms with E-state index in [4.69, 9.17) is 32.7 Å². The quantitative estimate of drug-likeness (QED) is 0.733. The normalized spacial score (nSPS) is 12.0. The van der Waals surface area contributed by atoms with Crippen molar-refractivity contribution in [2.75, 3.05) is 14.2 Å². The van der Waals surface area contributed by atoms with Gasteiger partial charge in [0.15, 0.2) is 0 Å². The van der Waals surface area contributed by atoms with Crippen LogP contribution in [0.2, 0.25) is 5.02 Å². The van der Waals surface area contributed by atoms with E-state index in [1.54, 1.807) is 14.2 Å². The van der Waals surface area contributed by atoms with Crippen LogP contribution in [0.3, 0.4) is 0 Å². The lowest BCUT2D eigenvalue weighted by molar-refractivity contribution is 0.384. The van der Waals surface area contributed by atoms with Crippen molar-refractivity contribution in [1.29, 1.82) is 0 Å². The van der Waals surface area contributed by atoms with Gasteiger partial charge in [-0.2, -0.15) is 0 Å². The fourth-order valence-electron chi connectivity index (χ4n) is 2.16. The predicted molar refractivity (Wildman–Crippen MR) is 83.3 cm³/mol. The summed E-state index contributed by atoms with van der Waals surface area (Å²) < 4.78 is 10.8. The molecule has 20 heavy (non-hydrogen) atoms. The highest BCUT2D eigenvalue weighted by Gasteiger charge is 2.19. The molecule has 1 atom stereocenters. The third kappa shape index (κ3) is 3.38. The van der Waals surface area contributed by atoms with Gasteiger partial charge < -0.3 is 9.47 Å². The summed E-state index contributed by atoms with van der Waals surface area (Å²) in [7, 11) is 3.25. The zero-order valence-electron chi connectivity index (χ0n) is 11.4. The molecule has 0 spiro atoms. The molecule has 0 saturated heterocycles. The molecule has 0 heterocycles. The molecule has 0 bridgehead atoms. The van der Waals surface area contributed by atoms with Crippen molar-refractivity contribution in [3.63, 3.8) is 0 Å². The minimum Gasteiger partial charge on any atom is -0.496 e. The zero-order valence-corrected chi connectivity index (χ0v) is 12.9. The van der Waals surface area contributed by atoms with E-state index in [1.807, 2.05) is 42.5 Å². The fraction of sp³-hybridized carbons (Fsp3) is 0.250. The molecule has 0 aliphatic carbocycles. The van der Waals surface area contributed by atoms with Crippen molar-refractivity contribution in [3.8, 4) is 11.5 Å². The minimum atomic E-state index is -0.250. The van der Waals surface area contributed by atoms with Crippen LogP contribution < -0.4 is 9.47 Å². The van der Waals surface area contributed by atoms with E-state index >= 15 is 0 Å². The van der Waals surface area contributed by atoms with Gasteiger partial charge >= 0.3 is 0 Å². The van der Waals surface area contributed by atoms with Crippen LogP contribution in [-0.4, -0.2) is 14.2 Å². The number of rotatable bonds is 5. The number of ether oxygens (including phenoxy) is 2. The lowest BCUT2D eigenvalue weighted by Gasteiger charge is -2.17. The average Bonchev–Trinajstić information content (AvgIpc) is 2.46. The molecule has 1 unspecified atom stereocenters. The van der Waals surface area contributed by atoms with Crippen LogP contribution in [0.1, 0.15) is 16.5 Å². The maximum absolute atomic E-state index is 6.56. The van der Waals surface area contributed by atoms with Gasteiger partial charge in [-0.25, -0.2) is 0 Å². The van der Waals surface area contributed by atoms with Crippen LogP contribution in [0.15, 0.2) is 42.5 Å². The molecule has 0 amide bonds. The molecule has 0 fully saturated rings. The van der Waals surface area contributed by atoms with Crippen molar-refractivity contribution in [2.24, 2.45) is 0 Å². The topological polar surface area (TPSA) is 18.5 Å². The maximum atomic E-state index is 6.56. The smallest absolute Gasteiger partial charge is 0.127 e. The molecule has 0 aliphatic heterocycles. The number of methoxy groups -OCH3 is 2. The standard InChI is InChI=1S/C16H16Cl2O2/c1-19-14-7-4-8-15(20-2)16(14)13(18)10-11-5-3-6-12(17)9-11/h3-9,13H,10H2,1-2H3. The SMILES string of the molecule is COc1cccc(OC)c1C(Cl)Cc1cccc(Cl)c1. The third-order valence-corrected chi connectivity index (χ3v) is 3.69. The zero-order chi connectivity index (χ0) is 14.5. The second-order valence-corrected chi connectivity index (χ2v) is 5.34. The maximum Gasteiger partial charge on any atom is 0.127 e. The number of halogens is 2. The Labute approximate surface area is 129 Å². The molecule has 2 aromatic carbocycles. The van der Waals surface area contributed by atoms with E-state index in [0.717, 1.165) is 22.6 Å². The van der Waals surface area contributed by atoms with Gasteiger partial charge in [-0.15, -0.1) is 11.6 Å². The van der Waals surface area contributed by atoms with Crippen LogP contribution in [0.25, 0.3) is 0 Å². The first-order chi connectivity index (χ1) is 9.65. The highest BCUT2D eigenvalue weighted by Crippen LogP contribution is 2.39. The first-order valence-corrected chi connectivity index (χ1v) is 7.06. The number of benzene rings is 2. The summed E-state index contributed by atoms with van der Waals surface area (Å²) in [5, 5.41) is 0.456. The van der Waals surface area contributed by atoms with Crippen molar-refractivity contribution in [1.82, 2.24) is 0 Å². The highest BCUT2D eigenvalue weighted by atomic mass is 35.5. The summed E-state index contributed by atoms with van der Waals surface area (Å²) in [5.74, 6) is 1.46. The van der Waals surface area contributed by atoms with E-state index in [2.05, 4.69) is 0 Å². The van der Waals surface area contributed by atoms with Gasteiger partial charge in [-0.3, -0.25) is 0 Å². The molecule has 0 aliphatic rings. The van der Waals surface area contributed by atoms with E-state index in [0.29, 0.717) is 11.4 Å². The Morgan fingerprint density at radius 3 is 2.15 bits per heavy atom. The van der Waals surface area contributed by atoms with Crippen molar-refractivity contribution < 1.29 is 9.47 Å². The molecule has 0 saturated carbocycles. The monoisotopic (exact) mass is 310 g/mol. The third-order valence-electron chi connectivity index (χ3n) is 3.08. The number of hydrogen-bond acceptors (Lipinski definition) is 2. The molecule has 0 aromatic heterocycles. The van der Waals surface area contributed by atoms with Gasteiger partial charge in [-0.1, -0.05) is 29.8 Å². The molecular weight excluding hydrogens is 295 g/mol. The molecule has 2 nitrogen and oxygen atoms in total. The van der Waals surface area contributed by atoms with Gasteiger partial charge in [0, 0.05) is 5.02 Å². The van der Waals surface area contributed by atoms with Crippen LogP contribution in [0, 0.1) is 0 Å². The molecule has 0 N–H and O–H groups in total. The Morgan fingerprint density at radius 1 is 1.00 bits per heavy atom. The summed E-state index contributed by atoms with van der Waals surface area (Å²) in [6.45, 7) is 0. The van der Waals surface area contributed by atoms with Crippen LogP contribution in [-0.2, 0) is 6.42 Å². The summed E-state index contributed by atoms with van der Waals surface area (Å²) in [4.78, 5) is 0. The van der Waals surface area contributed by atoms with Crippen molar-refractivity contribution >= 4 is 23.2 Å².